The molecule has 1 N–H and O–H groups in total. The summed E-state index contributed by atoms with van der Waals surface area (Å²) in [7, 11) is 0. The lowest BCUT2D eigenvalue weighted by Gasteiger charge is -2.33. The van der Waals surface area contributed by atoms with E-state index in [4.69, 9.17) is 4.74 Å². The van der Waals surface area contributed by atoms with E-state index in [1.54, 1.807) is 0 Å². The first-order valence-corrected chi connectivity index (χ1v) is 5.76. The summed E-state index contributed by atoms with van der Waals surface area (Å²) in [5.41, 5.74) is -0.384. The number of nitrogens with one attached hydrogen (secondary N) is 1. The van der Waals surface area contributed by atoms with E-state index < -0.39 is 0 Å². The summed E-state index contributed by atoms with van der Waals surface area (Å²) in [4.78, 5) is 11.8. The standard InChI is InChI=1S/C12H23NO2/c1-8-6-10(13-7-9(8)2)11(14)15-12(3,4)5/h8-10,13H,6-7H2,1-5H3/t8-,9+,10-/m0/s1. The van der Waals surface area contributed by atoms with Gasteiger partial charge in [-0.2, -0.15) is 0 Å². The Kier molecular flexibility index (Phi) is 3.77. The van der Waals surface area contributed by atoms with Crippen molar-refractivity contribution in [3.8, 4) is 0 Å². The molecule has 3 atom stereocenters. The number of carbonyl (C=O) groups is 1. The molecule has 0 aromatic heterocycles. The molecule has 0 aromatic rings. The van der Waals surface area contributed by atoms with Gasteiger partial charge in [0.15, 0.2) is 0 Å². The van der Waals surface area contributed by atoms with Crippen molar-refractivity contribution in [2.45, 2.75) is 52.7 Å². The second-order valence-electron chi connectivity index (χ2n) is 5.68. The molecule has 3 nitrogen and oxygen atoms in total. The summed E-state index contributed by atoms with van der Waals surface area (Å²) in [6.45, 7) is 11.0. The van der Waals surface area contributed by atoms with Crippen molar-refractivity contribution in [2.24, 2.45) is 11.8 Å². The zero-order valence-electron chi connectivity index (χ0n) is 10.5. The maximum absolute atomic E-state index is 11.8. The van der Waals surface area contributed by atoms with E-state index in [2.05, 4.69) is 19.2 Å². The Morgan fingerprint density at radius 2 is 1.87 bits per heavy atom. The molecule has 0 radical (unpaired) electrons. The molecule has 0 saturated carbocycles. The molecule has 0 bridgehead atoms. The monoisotopic (exact) mass is 213 g/mol. The summed E-state index contributed by atoms with van der Waals surface area (Å²) in [6, 6.07) is -0.115. The Bertz CT molecular complexity index is 232. The molecule has 0 amide bonds. The first-order valence-electron chi connectivity index (χ1n) is 5.76. The Hall–Kier alpha value is -0.570. The smallest absolute Gasteiger partial charge is 0.323 e. The third kappa shape index (κ3) is 3.82. The van der Waals surface area contributed by atoms with E-state index in [1.165, 1.54) is 0 Å². The zero-order chi connectivity index (χ0) is 11.6. The minimum Gasteiger partial charge on any atom is -0.459 e. The van der Waals surface area contributed by atoms with Gasteiger partial charge < -0.3 is 10.1 Å². The highest BCUT2D eigenvalue weighted by Crippen LogP contribution is 2.22. The molecule has 1 saturated heterocycles. The van der Waals surface area contributed by atoms with Gasteiger partial charge in [0.25, 0.3) is 0 Å². The number of ether oxygens (including phenoxy) is 1. The van der Waals surface area contributed by atoms with Crippen LogP contribution in [0.3, 0.4) is 0 Å². The van der Waals surface area contributed by atoms with Gasteiger partial charge in [0.1, 0.15) is 11.6 Å². The molecular weight excluding hydrogens is 190 g/mol. The zero-order valence-corrected chi connectivity index (χ0v) is 10.5. The first-order chi connectivity index (χ1) is 6.79. The van der Waals surface area contributed by atoms with Crippen molar-refractivity contribution in [1.82, 2.24) is 5.32 Å². The van der Waals surface area contributed by atoms with Crippen molar-refractivity contribution in [3.63, 3.8) is 0 Å². The molecule has 1 aliphatic heterocycles. The molecule has 1 rings (SSSR count). The number of piperidine rings is 1. The van der Waals surface area contributed by atoms with Crippen LogP contribution in [0.1, 0.15) is 41.0 Å². The predicted molar refractivity (Wildman–Crippen MR) is 60.6 cm³/mol. The minimum atomic E-state index is -0.384. The van der Waals surface area contributed by atoms with Crippen LogP contribution in [0.4, 0.5) is 0 Å². The summed E-state index contributed by atoms with van der Waals surface area (Å²) in [5, 5.41) is 3.25. The third-order valence-corrected chi connectivity index (χ3v) is 2.96. The summed E-state index contributed by atoms with van der Waals surface area (Å²) in [6.07, 6.45) is 0.885. The second kappa shape index (κ2) is 4.52. The molecule has 0 aromatic carbocycles. The number of hydrogen-bond acceptors (Lipinski definition) is 3. The van der Waals surface area contributed by atoms with E-state index >= 15 is 0 Å². The van der Waals surface area contributed by atoms with E-state index in [0.717, 1.165) is 13.0 Å². The number of esters is 1. The number of rotatable bonds is 1. The van der Waals surface area contributed by atoms with Crippen LogP contribution >= 0.6 is 0 Å². The van der Waals surface area contributed by atoms with Crippen molar-refractivity contribution in [3.05, 3.63) is 0 Å². The number of hydrogen-bond donors (Lipinski definition) is 1. The lowest BCUT2D eigenvalue weighted by Crippen LogP contribution is -2.48. The van der Waals surface area contributed by atoms with Crippen molar-refractivity contribution < 1.29 is 9.53 Å². The van der Waals surface area contributed by atoms with Crippen molar-refractivity contribution in [2.75, 3.05) is 6.54 Å². The average Bonchev–Trinajstić information content (AvgIpc) is 2.06. The third-order valence-electron chi connectivity index (χ3n) is 2.96. The van der Waals surface area contributed by atoms with Gasteiger partial charge in [-0.25, -0.2) is 0 Å². The molecule has 1 aliphatic rings. The fourth-order valence-electron chi connectivity index (χ4n) is 1.77. The van der Waals surface area contributed by atoms with Gasteiger partial charge in [0, 0.05) is 0 Å². The highest BCUT2D eigenvalue weighted by Gasteiger charge is 2.31. The Balaban J connectivity index is 2.48. The maximum Gasteiger partial charge on any atom is 0.323 e. The summed E-state index contributed by atoms with van der Waals surface area (Å²) in [5.74, 6) is 1.12. The summed E-state index contributed by atoms with van der Waals surface area (Å²) >= 11 is 0. The van der Waals surface area contributed by atoms with Gasteiger partial charge >= 0.3 is 5.97 Å². The molecule has 15 heavy (non-hydrogen) atoms. The van der Waals surface area contributed by atoms with Crippen LogP contribution in [0.15, 0.2) is 0 Å². The molecule has 0 spiro atoms. The molecular formula is C12H23NO2. The van der Waals surface area contributed by atoms with E-state index in [9.17, 15) is 4.79 Å². The molecule has 3 heteroatoms. The fraction of sp³-hybridized carbons (Fsp3) is 0.917. The lowest BCUT2D eigenvalue weighted by molar-refractivity contribution is -0.158. The van der Waals surface area contributed by atoms with Gasteiger partial charge in [-0.1, -0.05) is 13.8 Å². The second-order valence-corrected chi connectivity index (χ2v) is 5.68. The van der Waals surface area contributed by atoms with Gasteiger partial charge in [-0.05, 0) is 45.6 Å². The van der Waals surface area contributed by atoms with Crippen LogP contribution in [-0.2, 0) is 9.53 Å². The van der Waals surface area contributed by atoms with Gasteiger partial charge in [-0.15, -0.1) is 0 Å². The van der Waals surface area contributed by atoms with Crippen molar-refractivity contribution >= 4 is 5.97 Å². The lowest BCUT2D eigenvalue weighted by atomic mass is 9.86. The molecule has 1 heterocycles. The normalized spacial score (nSPS) is 32.5. The van der Waals surface area contributed by atoms with Crippen molar-refractivity contribution in [1.29, 1.82) is 0 Å². The van der Waals surface area contributed by atoms with Crippen LogP contribution in [0, 0.1) is 11.8 Å². The molecule has 0 unspecified atom stereocenters. The van der Waals surface area contributed by atoms with Crippen LogP contribution in [0.2, 0.25) is 0 Å². The molecule has 1 fully saturated rings. The topological polar surface area (TPSA) is 38.3 Å². The van der Waals surface area contributed by atoms with Crippen LogP contribution in [0.25, 0.3) is 0 Å². The molecule has 0 aliphatic carbocycles. The Morgan fingerprint density at radius 3 is 2.33 bits per heavy atom. The highest BCUT2D eigenvalue weighted by atomic mass is 16.6. The van der Waals surface area contributed by atoms with Crippen LogP contribution < -0.4 is 5.32 Å². The van der Waals surface area contributed by atoms with Crippen LogP contribution in [-0.4, -0.2) is 24.2 Å². The van der Waals surface area contributed by atoms with Crippen LogP contribution in [0.5, 0.6) is 0 Å². The number of carbonyl (C=O) groups excluding carboxylic acids is 1. The van der Waals surface area contributed by atoms with E-state index in [0.29, 0.717) is 11.8 Å². The quantitative estimate of drug-likeness (QED) is 0.677. The SMILES string of the molecule is C[C@@H]1CN[C@H](C(=O)OC(C)(C)C)C[C@@H]1C. The summed E-state index contributed by atoms with van der Waals surface area (Å²) < 4.78 is 5.36. The maximum atomic E-state index is 11.8. The Morgan fingerprint density at radius 1 is 1.27 bits per heavy atom. The van der Waals surface area contributed by atoms with Gasteiger partial charge in [-0.3, -0.25) is 4.79 Å². The van der Waals surface area contributed by atoms with Gasteiger partial charge in [0.2, 0.25) is 0 Å². The Labute approximate surface area is 92.6 Å². The molecule has 88 valence electrons. The highest BCUT2D eigenvalue weighted by molar-refractivity contribution is 5.76. The average molecular weight is 213 g/mol. The van der Waals surface area contributed by atoms with E-state index in [1.807, 2.05) is 20.8 Å². The van der Waals surface area contributed by atoms with E-state index in [-0.39, 0.29) is 17.6 Å². The fourth-order valence-corrected chi connectivity index (χ4v) is 1.77. The van der Waals surface area contributed by atoms with Gasteiger partial charge in [0.05, 0.1) is 0 Å². The predicted octanol–water partition coefficient (Wildman–Crippen LogP) is 1.96. The first kappa shape index (κ1) is 12.5. The minimum absolute atomic E-state index is 0.110. The largest absolute Gasteiger partial charge is 0.459 e.